The summed E-state index contributed by atoms with van der Waals surface area (Å²) < 4.78 is 5.49. The topological polar surface area (TPSA) is 30.2 Å². The fourth-order valence-corrected chi connectivity index (χ4v) is 1.48. The predicted molar refractivity (Wildman–Crippen MR) is 51.1 cm³/mol. The van der Waals surface area contributed by atoms with Crippen molar-refractivity contribution in [2.45, 2.75) is 13.8 Å². The molecule has 1 heterocycles. The minimum absolute atomic E-state index is 0.619. The molecule has 0 aliphatic rings. The van der Waals surface area contributed by atoms with E-state index in [9.17, 15) is 4.79 Å². The summed E-state index contributed by atoms with van der Waals surface area (Å²) in [7, 11) is 0. The molecule has 0 radical (unpaired) electrons. The molecule has 2 aromatic rings. The van der Waals surface area contributed by atoms with Crippen molar-refractivity contribution in [2.24, 2.45) is 0 Å². The van der Waals surface area contributed by atoms with Crippen LogP contribution in [0.25, 0.3) is 11.0 Å². The van der Waals surface area contributed by atoms with Gasteiger partial charge in [-0.1, -0.05) is 12.1 Å². The van der Waals surface area contributed by atoms with Gasteiger partial charge in [0.2, 0.25) is 0 Å². The van der Waals surface area contributed by atoms with E-state index in [1.807, 2.05) is 26.0 Å². The first-order valence-corrected chi connectivity index (χ1v) is 4.18. The Labute approximate surface area is 76.2 Å². The molecule has 0 aliphatic heterocycles. The van der Waals surface area contributed by atoms with Crippen LogP contribution in [0.5, 0.6) is 0 Å². The Bertz CT molecular complexity index is 466. The van der Waals surface area contributed by atoms with Crippen molar-refractivity contribution in [1.82, 2.24) is 0 Å². The van der Waals surface area contributed by atoms with Crippen LogP contribution in [0.3, 0.4) is 0 Å². The SMILES string of the molecule is Cc1oc2c(C=O)cccc2c1C. The molecule has 0 atom stereocenters. The summed E-state index contributed by atoms with van der Waals surface area (Å²) in [6, 6.07) is 5.60. The molecule has 0 saturated carbocycles. The summed E-state index contributed by atoms with van der Waals surface area (Å²) in [6.45, 7) is 3.90. The molecule has 0 saturated heterocycles. The van der Waals surface area contributed by atoms with E-state index in [0.29, 0.717) is 11.1 Å². The molecule has 0 spiro atoms. The van der Waals surface area contributed by atoms with Crippen LogP contribution in [0.2, 0.25) is 0 Å². The monoisotopic (exact) mass is 174 g/mol. The van der Waals surface area contributed by atoms with Gasteiger partial charge in [-0.25, -0.2) is 0 Å². The van der Waals surface area contributed by atoms with E-state index >= 15 is 0 Å². The van der Waals surface area contributed by atoms with Crippen molar-refractivity contribution in [3.05, 3.63) is 35.1 Å². The van der Waals surface area contributed by atoms with Crippen LogP contribution in [0.1, 0.15) is 21.7 Å². The van der Waals surface area contributed by atoms with E-state index in [1.54, 1.807) is 6.07 Å². The van der Waals surface area contributed by atoms with Gasteiger partial charge in [-0.15, -0.1) is 0 Å². The quantitative estimate of drug-likeness (QED) is 0.622. The number of fused-ring (bicyclic) bond motifs is 1. The fourth-order valence-electron chi connectivity index (χ4n) is 1.48. The molecule has 1 aromatic carbocycles. The summed E-state index contributed by atoms with van der Waals surface area (Å²) in [5.41, 5.74) is 2.43. The smallest absolute Gasteiger partial charge is 0.153 e. The second kappa shape index (κ2) is 2.73. The number of hydrogen-bond acceptors (Lipinski definition) is 2. The molecule has 2 heteroatoms. The molecule has 1 aromatic heterocycles. The zero-order valence-electron chi connectivity index (χ0n) is 7.63. The minimum Gasteiger partial charge on any atom is -0.460 e. The van der Waals surface area contributed by atoms with Crippen LogP contribution in [0.4, 0.5) is 0 Å². The Balaban J connectivity index is 2.92. The lowest BCUT2D eigenvalue weighted by Crippen LogP contribution is -1.78. The second-order valence-electron chi connectivity index (χ2n) is 3.13. The van der Waals surface area contributed by atoms with Gasteiger partial charge >= 0.3 is 0 Å². The number of furan rings is 1. The summed E-state index contributed by atoms with van der Waals surface area (Å²) in [4.78, 5) is 10.7. The Hall–Kier alpha value is -1.57. The highest BCUT2D eigenvalue weighted by molar-refractivity contribution is 5.96. The first-order chi connectivity index (χ1) is 6.24. The van der Waals surface area contributed by atoms with Gasteiger partial charge in [0.25, 0.3) is 0 Å². The third-order valence-electron chi connectivity index (χ3n) is 2.36. The van der Waals surface area contributed by atoms with Crippen LogP contribution >= 0.6 is 0 Å². The largest absolute Gasteiger partial charge is 0.460 e. The van der Waals surface area contributed by atoms with Crippen molar-refractivity contribution in [3.63, 3.8) is 0 Å². The zero-order chi connectivity index (χ0) is 9.42. The maximum absolute atomic E-state index is 10.7. The maximum atomic E-state index is 10.7. The van der Waals surface area contributed by atoms with E-state index in [0.717, 1.165) is 23.0 Å². The highest BCUT2D eigenvalue weighted by Gasteiger charge is 2.09. The van der Waals surface area contributed by atoms with Gasteiger partial charge in [-0.05, 0) is 25.5 Å². The molecule has 0 N–H and O–H groups in total. The van der Waals surface area contributed by atoms with Gasteiger partial charge in [-0.2, -0.15) is 0 Å². The van der Waals surface area contributed by atoms with Gasteiger partial charge in [0.15, 0.2) is 6.29 Å². The van der Waals surface area contributed by atoms with Crippen molar-refractivity contribution in [1.29, 1.82) is 0 Å². The summed E-state index contributed by atoms with van der Waals surface area (Å²) >= 11 is 0. The molecular weight excluding hydrogens is 164 g/mol. The summed E-state index contributed by atoms with van der Waals surface area (Å²) in [6.07, 6.45) is 0.824. The lowest BCUT2D eigenvalue weighted by atomic mass is 10.1. The van der Waals surface area contributed by atoms with E-state index < -0.39 is 0 Å². The first-order valence-electron chi connectivity index (χ1n) is 4.18. The van der Waals surface area contributed by atoms with Crippen molar-refractivity contribution >= 4 is 17.3 Å². The minimum atomic E-state index is 0.619. The Kier molecular flexibility index (Phi) is 1.69. The maximum Gasteiger partial charge on any atom is 0.153 e. The Morgan fingerprint density at radius 1 is 1.31 bits per heavy atom. The zero-order valence-corrected chi connectivity index (χ0v) is 7.63. The highest BCUT2D eigenvalue weighted by Crippen LogP contribution is 2.26. The lowest BCUT2D eigenvalue weighted by molar-refractivity contribution is 0.112. The van der Waals surface area contributed by atoms with Gasteiger partial charge in [-0.3, -0.25) is 4.79 Å². The second-order valence-corrected chi connectivity index (χ2v) is 3.13. The van der Waals surface area contributed by atoms with Crippen LogP contribution in [-0.2, 0) is 0 Å². The molecule has 0 aliphatic carbocycles. The molecule has 0 amide bonds. The summed E-state index contributed by atoms with van der Waals surface area (Å²) in [5, 5.41) is 1.03. The molecule has 13 heavy (non-hydrogen) atoms. The lowest BCUT2D eigenvalue weighted by Gasteiger charge is -1.91. The van der Waals surface area contributed by atoms with Crippen LogP contribution in [0.15, 0.2) is 22.6 Å². The number of para-hydroxylation sites is 1. The van der Waals surface area contributed by atoms with Gasteiger partial charge < -0.3 is 4.42 Å². The molecule has 66 valence electrons. The molecule has 0 unspecified atom stereocenters. The Morgan fingerprint density at radius 2 is 2.08 bits per heavy atom. The normalized spacial score (nSPS) is 10.6. The van der Waals surface area contributed by atoms with Crippen molar-refractivity contribution in [3.8, 4) is 0 Å². The number of hydrogen-bond donors (Lipinski definition) is 0. The molecule has 0 bridgehead atoms. The van der Waals surface area contributed by atoms with Crippen LogP contribution < -0.4 is 0 Å². The van der Waals surface area contributed by atoms with Crippen LogP contribution in [0, 0.1) is 13.8 Å². The fraction of sp³-hybridized carbons (Fsp3) is 0.182. The van der Waals surface area contributed by atoms with Gasteiger partial charge in [0, 0.05) is 5.39 Å². The Morgan fingerprint density at radius 3 is 2.77 bits per heavy atom. The third kappa shape index (κ3) is 1.06. The predicted octanol–water partition coefficient (Wildman–Crippen LogP) is 2.86. The summed E-state index contributed by atoms with van der Waals surface area (Å²) in [5.74, 6) is 0.879. The van der Waals surface area contributed by atoms with E-state index in [1.165, 1.54) is 0 Å². The number of carbonyl (C=O) groups is 1. The average Bonchev–Trinajstić information content (AvgIpc) is 2.43. The number of aryl methyl sites for hydroxylation is 2. The molecular formula is C11H10O2. The number of aldehydes is 1. The number of benzene rings is 1. The standard InChI is InChI=1S/C11H10O2/c1-7-8(2)13-11-9(6-12)4-3-5-10(7)11/h3-6H,1-2H3. The number of carbonyl (C=O) groups excluding carboxylic acids is 1. The van der Waals surface area contributed by atoms with Crippen molar-refractivity contribution < 1.29 is 9.21 Å². The average molecular weight is 174 g/mol. The van der Waals surface area contributed by atoms with Crippen molar-refractivity contribution in [2.75, 3.05) is 0 Å². The van der Waals surface area contributed by atoms with E-state index in [4.69, 9.17) is 4.42 Å². The van der Waals surface area contributed by atoms with E-state index in [-0.39, 0.29) is 0 Å². The highest BCUT2D eigenvalue weighted by atomic mass is 16.3. The van der Waals surface area contributed by atoms with Crippen LogP contribution in [-0.4, -0.2) is 6.29 Å². The van der Waals surface area contributed by atoms with Gasteiger partial charge in [0.1, 0.15) is 11.3 Å². The molecule has 2 rings (SSSR count). The first kappa shape index (κ1) is 8.05. The number of rotatable bonds is 1. The van der Waals surface area contributed by atoms with E-state index in [2.05, 4.69) is 0 Å². The molecule has 2 nitrogen and oxygen atoms in total. The van der Waals surface area contributed by atoms with Gasteiger partial charge in [0.05, 0.1) is 5.56 Å². The third-order valence-corrected chi connectivity index (χ3v) is 2.36. The molecule has 0 fully saturated rings.